The summed E-state index contributed by atoms with van der Waals surface area (Å²) in [5, 5.41) is 9.18. The van der Waals surface area contributed by atoms with Crippen molar-refractivity contribution in [2.24, 2.45) is 0 Å². The summed E-state index contributed by atoms with van der Waals surface area (Å²) in [7, 11) is 2.16. The van der Waals surface area contributed by atoms with Gasteiger partial charge in [0.25, 0.3) is 10.0 Å². The highest BCUT2D eigenvalue weighted by Crippen LogP contribution is 2.32. The third-order valence-corrected chi connectivity index (χ3v) is 5.02. The molecule has 0 aromatic heterocycles. The van der Waals surface area contributed by atoms with Gasteiger partial charge in [-0.1, -0.05) is 0 Å². The lowest BCUT2D eigenvalue weighted by Crippen LogP contribution is -2.18. The van der Waals surface area contributed by atoms with E-state index in [1.54, 1.807) is 25.1 Å². The first-order valence-corrected chi connectivity index (χ1v) is 8.97. The van der Waals surface area contributed by atoms with Gasteiger partial charge in [-0.05, 0) is 30.3 Å². The van der Waals surface area contributed by atoms with Gasteiger partial charge in [-0.25, -0.2) is 13.2 Å². The monoisotopic (exact) mass is 380 g/mol. The second kappa shape index (κ2) is 7.52. The number of hydrogen-bond acceptors (Lipinski definition) is 6. The standard InChI is InChI=1S/C17H20N2O6S/c1-19(2)14-7-5-11(17(20)21)9-13(14)18-26(22,23)16-10-12(24-3)6-8-15(16)25-4/h5-10,18H,1-4H3,(H,20,21). The molecule has 0 saturated carbocycles. The zero-order valence-corrected chi connectivity index (χ0v) is 15.6. The molecule has 0 spiro atoms. The van der Waals surface area contributed by atoms with Gasteiger partial charge in [-0.2, -0.15) is 0 Å². The van der Waals surface area contributed by atoms with E-state index in [0.717, 1.165) is 0 Å². The Morgan fingerprint density at radius 2 is 1.77 bits per heavy atom. The number of carbonyl (C=O) groups is 1. The van der Waals surface area contributed by atoms with Crippen molar-refractivity contribution in [2.75, 3.05) is 37.9 Å². The van der Waals surface area contributed by atoms with E-state index in [-0.39, 0.29) is 21.9 Å². The van der Waals surface area contributed by atoms with Gasteiger partial charge in [0.1, 0.15) is 16.4 Å². The number of rotatable bonds is 7. The Bertz CT molecular complexity index is 925. The number of ether oxygens (including phenoxy) is 2. The van der Waals surface area contributed by atoms with Gasteiger partial charge in [0, 0.05) is 20.2 Å². The van der Waals surface area contributed by atoms with Gasteiger partial charge in [0.2, 0.25) is 0 Å². The van der Waals surface area contributed by atoms with Crippen LogP contribution in [0.1, 0.15) is 10.4 Å². The largest absolute Gasteiger partial charge is 0.497 e. The number of benzene rings is 2. The van der Waals surface area contributed by atoms with Gasteiger partial charge in [-0.3, -0.25) is 4.72 Å². The van der Waals surface area contributed by atoms with E-state index >= 15 is 0 Å². The summed E-state index contributed by atoms with van der Waals surface area (Å²) in [6, 6.07) is 8.59. The van der Waals surface area contributed by atoms with Crippen LogP contribution < -0.4 is 19.1 Å². The number of nitrogens with one attached hydrogen (secondary N) is 1. The molecule has 2 aromatic rings. The Hall–Kier alpha value is -2.94. The second-order valence-electron chi connectivity index (χ2n) is 5.55. The minimum absolute atomic E-state index is 0.0362. The van der Waals surface area contributed by atoms with E-state index in [0.29, 0.717) is 11.4 Å². The molecule has 0 aliphatic rings. The number of sulfonamides is 1. The van der Waals surface area contributed by atoms with Crippen LogP contribution in [0, 0.1) is 0 Å². The van der Waals surface area contributed by atoms with Crippen LogP contribution in [-0.4, -0.2) is 47.8 Å². The maximum Gasteiger partial charge on any atom is 0.335 e. The molecule has 26 heavy (non-hydrogen) atoms. The molecular weight excluding hydrogens is 360 g/mol. The quantitative estimate of drug-likeness (QED) is 0.759. The summed E-state index contributed by atoms with van der Waals surface area (Å²) in [5.41, 5.74) is 0.617. The lowest BCUT2D eigenvalue weighted by atomic mass is 10.1. The fraction of sp³-hybridized carbons (Fsp3) is 0.235. The number of aromatic carboxylic acids is 1. The van der Waals surface area contributed by atoms with E-state index in [4.69, 9.17) is 9.47 Å². The van der Waals surface area contributed by atoms with Crippen molar-refractivity contribution in [2.45, 2.75) is 4.90 Å². The van der Waals surface area contributed by atoms with Crippen molar-refractivity contribution in [3.8, 4) is 11.5 Å². The van der Waals surface area contributed by atoms with Crippen molar-refractivity contribution in [1.82, 2.24) is 0 Å². The van der Waals surface area contributed by atoms with E-state index in [1.165, 1.54) is 44.6 Å². The Labute approximate surface area is 152 Å². The molecule has 0 atom stereocenters. The molecule has 0 unspecified atom stereocenters. The molecule has 2 N–H and O–H groups in total. The van der Waals surface area contributed by atoms with E-state index < -0.39 is 16.0 Å². The van der Waals surface area contributed by atoms with Crippen molar-refractivity contribution in [1.29, 1.82) is 0 Å². The first kappa shape index (κ1) is 19.4. The number of hydrogen-bond donors (Lipinski definition) is 2. The molecule has 8 nitrogen and oxygen atoms in total. The topological polar surface area (TPSA) is 105 Å². The molecule has 0 fully saturated rings. The van der Waals surface area contributed by atoms with Crippen molar-refractivity contribution in [3.05, 3.63) is 42.0 Å². The zero-order chi connectivity index (χ0) is 19.5. The van der Waals surface area contributed by atoms with Crippen LogP contribution in [0.4, 0.5) is 11.4 Å². The third-order valence-electron chi connectivity index (χ3n) is 3.63. The van der Waals surface area contributed by atoms with Gasteiger partial charge < -0.3 is 19.5 Å². The molecule has 0 saturated heterocycles. The van der Waals surface area contributed by atoms with E-state index in [2.05, 4.69) is 4.72 Å². The number of carboxylic acids is 1. The van der Waals surface area contributed by atoms with Crippen LogP contribution in [-0.2, 0) is 10.0 Å². The predicted molar refractivity (Wildman–Crippen MR) is 98.1 cm³/mol. The Balaban J connectivity index is 2.56. The van der Waals surface area contributed by atoms with Crippen LogP contribution in [0.3, 0.4) is 0 Å². The second-order valence-corrected chi connectivity index (χ2v) is 7.20. The third kappa shape index (κ3) is 3.99. The average Bonchev–Trinajstić information content (AvgIpc) is 2.60. The summed E-state index contributed by atoms with van der Waals surface area (Å²) in [6.07, 6.45) is 0. The Morgan fingerprint density at radius 1 is 1.08 bits per heavy atom. The molecule has 2 rings (SSSR count). The molecular formula is C17H20N2O6S. The van der Waals surface area contributed by atoms with Crippen molar-refractivity contribution < 1.29 is 27.8 Å². The van der Waals surface area contributed by atoms with Gasteiger partial charge in [-0.15, -0.1) is 0 Å². The van der Waals surface area contributed by atoms with Crippen LogP contribution in [0.25, 0.3) is 0 Å². The lowest BCUT2D eigenvalue weighted by Gasteiger charge is -2.20. The van der Waals surface area contributed by atoms with Gasteiger partial charge in [0.15, 0.2) is 0 Å². The summed E-state index contributed by atoms with van der Waals surface area (Å²) in [6.45, 7) is 0. The van der Waals surface area contributed by atoms with Gasteiger partial charge in [0.05, 0.1) is 31.2 Å². The summed E-state index contributed by atoms with van der Waals surface area (Å²) in [5.74, 6) is -0.674. The first-order chi connectivity index (χ1) is 12.2. The van der Waals surface area contributed by atoms with Crippen LogP contribution in [0.15, 0.2) is 41.3 Å². The molecule has 2 aromatic carbocycles. The Morgan fingerprint density at radius 3 is 2.31 bits per heavy atom. The molecule has 9 heteroatoms. The highest BCUT2D eigenvalue weighted by Gasteiger charge is 2.23. The first-order valence-electron chi connectivity index (χ1n) is 7.49. The maximum absolute atomic E-state index is 12.9. The van der Waals surface area contributed by atoms with E-state index in [9.17, 15) is 18.3 Å². The molecule has 0 heterocycles. The molecule has 0 aliphatic carbocycles. The number of methoxy groups -OCH3 is 2. The lowest BCUT2D eigenvalue weighted by molar-refractivity contribution is 0.0697. The minimum Gasteiger partial charge on any atom is -0.497 e. The SMILES string of the molecule is COc1ccc(OC)c(S(=O)(=O)Nc2cc(C(=O)O)ccc2N(C)C)c1. The van der Waals surface area contributed by atoms with Crippen LogP contribution in [0.2, 0.25) is 0 Å². The zero-order valence-electron chi connectivity index (χ0n) is 14.8. The normalized spacial score (nSPS) is 10.9. The van der Waals surface area contributed by atoms with E-state index in [1.807, 2.05) is 0 Å². The van der Waals surface area contributed by atoms with Crippen molar-refractivity contribution in [3.63, 3.8) is 0 Å². The molecule has 0 aliphatic heterocycles. The van der Waals surface area contributed by atoms with Crippen molar-refractivity contribution >= 4 is 27.4 Å². The number of anilines is 2. The predicted octanol–water partition coefficient (Wildman–Crippen LogP) is 2.27. The molecule has 0 bridgehead atoms. The highest BCUT2D eigenvalue weighted by atomic mass is 32.2. The highest BCUT2D eigenvalue weighted by molar-refractivity contribution is 7.92. The molecule has 0 amide bonds. The molecule has 0 radical (unpaired) electrons. The summed E-state index contributed by atoms with van der Waals surface area (Å²) >= 11 is 0. The average molecular weight is 380 g/mol. The minimum atomic E-state index is -4.06. The summed E-state index contributed by atoms with van der Waals surface area (Å²) < 4.78 is 38.4. The number of carboxylic acid groups (broad SMARTS) is 1. The van der Waals surface area contributed by atoms with Crippen LogP contribution in [0.5, 0.6) is 11.5 Å². The molecule has 140 valence electrons. The maximum atomic E-state index is 12.9. The fourth-order valence-corrected chi connectivity index (χ4v) is 3.59. The Kier molecular flexibility index (Phi) is 5.61. The van der Waals surface area contributed by atoms with Crippen LogP contribution >= 0.6 is 0 Å². The smallest absolute Gasteiger partial charge is 0.335 e. The fourth-order valence-electron chi connectivity index (χ4n) is 2.33. The van der Waals surface area contributed by atoms with Gasteiger partial charge >= 0.3 is 5.97 Å². The summed E-state index contributed by atoms with van der Waals surface area (Å²) in [4.78, 5) is 12.8. The number of nitrogens with zero attached hydrogens (tertiary/aromatic N) is 1.